The molecule has 1 fully saturated rings. The van der Waals surface area contributed by atoms with Crippen LogP contribution in [0.25, 0.3) is 11.3 Å². The molecule has 17 heavy (non-hydrogen) atoms. The molecule has 4 nitrogen and oxygen atoms in total. The van der Waals surface area contributed by atoms with E-state index < -0.39 is 0 Å². The van der Waals surface area contributed by atoms with E-state index in [1.165, 1.54) is 19.3 Å². The molecule has 2 aromatic heterocycles. The Balaban J connectivity index is 2.02. The highest BCUT2D eigenvalue weighted by molar-refractivity contribution is 5.63. The van der Waals surface area contributed by atoms with Crippen molar-refractivity contribution in [2.75, 3.05) is 0 Å². The molecule has 0 unspecified atom stereocenters. The third-order valence-corrected chi connectivity index (χ3v) is 3.52. The van der Waals surface area contributed by atoms with Crippen LogP contribution in [0.4, 0.5) is 0 Å². The molecule has 4 heteroatoms. The molecular formula is C13H15N3O. The summed E-state index contributed by atoms with van der Waals surface area (Å²) >= 11 is 0. The summed E-state index contributed by atoms with van der Waals surface area (Å²) in [5.74, 6) is 0.556. The van der Waals surface area contributed by atoms with Gasteiger partial charge in [0, 0.05) is 35.1 Å². The maximum atomic E-state index is 9.54. The lowest BCUT2D eigenvalue weighted by Crippen LogP contribution is -2.11. The SMILES string of the molecule is OCc1c(-c2ccncc2)n[nH]c1C1CCC1. The third kappa shape index (κ3) is 1.74. The van der Waals surface area contributed by atoms with Gasteiger partial charge in [-0.25, -0.2) is 0 Å². The van der Waals surface area contributed by atoms with Crippen LogP contribution in [0.5, 0.6) is 0 Å². The Bertz CT molecular complexity index is 503. The average Bonchev–Trinajstić information content (AvgIpc) is 2.71. The zero-order valence-corrected chi connectivity index (χ0v) is 9.56. The molecular weight excluding hydrogens is 214 g/mol. The fraction of sp³-hybridized carbons (Fsp3) is 0.385. The van der Waals surface area contributed by atoms with Gasteiger partial charge in [-0.3, -0.25) is 10.1 Å². The van der Waals surface area contributed by atoms with Crippen LogP contribution in [-0.4, -0.2) is 20.3 Å². The number of aliphatic hydroxyl groups is 1. The summed E-state index contributed by atoms with van der Waals surface area (Å²) in [5.41, 5.74) is 3.93. The molecule has 88 valence electrons. The fourth-order valence-corrected chi connectivity index (χ4v) is 2.32. The first kappa shape index (κ1) is 10.5. The lowest BCUT2D eigenvalue weighted by atomic mass is 9.81. The highest BCUT2D eigenvalue weighted by Crippen LogP contribution is 2.39. The number of nitrogens with zero attached hydrogens (tertiary/aromatic N) is 2. The molecule has 0 atom stereocenters. The minimum atomic E-state index is 0.0417. The van der Waals surface area contributed by atoms with Gasteiger partial charge in [0.25, 0.3) is 0 Å². The summed E-state index contributed by atoms with van der Waals surface area (Å²) in [5, 5.41) is 17.0. The number of hydrogen-bond acceptors (Lipinski definition) is 3. The third-order valence-electron chi connectivity index (χ3n) is 3.52. The van der Waals surface area contributed by atoms with Gasteiger partial charge in [-0.1, -0.05) is 6.42 Å². The first-order valence-corrected chi connectivity index (χ1v) is 5.98. The number of aliphatic hydroxyl groups excluding tert-OH is 1. The van der Waals surface area contributed by atoms with Crippen molar-refractivity contribution < 1.29 is 5.11 Å². The number of aromatic amines is 1. The molecule has 2 aromatic rings. The van der Waals surface area contributed by atoms with Crippen LogP contribution < -0.4 is 0 Å². The summed E-state index contributed by atoms with van der Waals surface area (Å²) in [6.45, 7) is 0.0417. The van der Waals surface area contributed by atoms with Crippen molar-refractivity contribution in [1.82, 2.24) is 15.2 Å². The highest BCUT2D eigenvalue weighted by atomic mass is 16.3. The number of aromatic nitrogens is 3. The van der Waals surface area contributed by atoms with Crippen molar-refractivity contribution in [1.29, 1.82) is 0 Å². The Morgan fingerprint density at radius 1 is 1.29 bits per heavy atom. The molecule has 0 saturated heterocycles. The molecule has 2 heterocycles. The van der Waals surface area contributed by atoms with Gasteiger partial charge < -0.3 is 5.11 Å². The summed E-state index contributed by atoms with van der Waals surface area (Å²) in [6.07, 6.45) is 7.16. The molecule has 0 amide bonds. The van der Waals surface area contributed by atoms with E-state index in [9.17, 15) is 5.11 Å². The molecule has 0 bridgehead atoms. The van der Waals surface area contributed by atoms with E-state index in [0.717, 1.165) is 22.5 Å². The highest BCUT2D eigenvalue weighted by Gasteiger charge is 2.26. The van der Waals surface area contributed by atoms with E-state index in [4.69, 9.17) is 0 Å². The number of rotatable bonds is 3. The van der Waals surface area contributed by atoms with Crippen LogP contribution >= 0.6 is 0 Å². The second kappa shape index (κ2) is 4.30. The van der Waals surface area contributed by atoms with Crippen LogP contribution in [0, 0.1) is 0 Å². The zero-order chi connectivity index (χ0) is 11.7. The van der Waals surface area contributed by atoms with E-state index >= 15 is 0 Å². The van der Waals surface area contributed by atoms with Crippen molar-refractivity contribution in [3.8, 4) is 11.3 Å². The molecule has 2 N–H and O–H groups in total. The first-order valence-electron chi connectivity index (χ1n) is 5.98. The van der Waals surface area contributed by atoms with Crippen molar-refractivity contribution in [3.05, 3.63) is 35.8 Å². The molecule has 1 aliphatic carbocycles. The van der Waals surface area contributed by atoms with Crippen molar-refractivity contribution in [2.24, 2.45) is 0 Å². The number of H-pyrrole nitrogens is 1. The Morgan fingerprint density at radius 3 is 2.65 bits per heavy atom. The lowest BCUT2D eigenvalue weighted by Gasteiger charge is -2.24. The van der Waals surface area contributed by atoms with Crippen LogP contribution in [0.2, 0.25) is 0 Å². The zero-order valence-electron chi connectivity index (χ0n) is 9.56. The fourth-order valence-electron chi connectivity index (χ4n) is 2.32. The molecule has 0 aromatic carbocycles. The van der Waals surface area contributed by atoms with Crippen LogP contribution in [0.15, 0.2) is 24.5 Å². The number of hydrogen-bond donors (Lipinski definition) is 2. The van der Waals surface area contributed by atoms with Crippen LogP contribution in [0.1, 0.15) is 36.4 Å². The van der Waals surface area contributed by atoms with E-state index in [1.807, 2.05) is 12.1 Å². The van der Waals surface area contributed by atoms with Gasteiger partial charge >= 0.3 is 0 Å². The summed E-state index contributed by atoms with van der Waals surface area (Å²) in [4.78, 5) is 4.00. The second-order valence-electron chi connectivity index (χ2n) is 4.49. The quantitative estimate of drug-likeness (QED) is 0.848. The Hall–Kier alpha value is -1.68. The Labute approximate surface area is 99.7 Å². The van der Waals surface area contributed by atoms with E-state index in [2.05, 4.69) is 15.2 Å². The minimum Gasteiger partial charge on any atom is -0.392 e. The van der Waals surface area contributed by atoms with Gasteiger partial charge in [-0.15, -0.1) is 0 Å². The van der Waals surface area contributed by atoms with Gasteiger partial charge in [0.1, 0.15) is 0 Å². The molecule has 0 spiro atoms. The molecule has 0 aliphatic heterocycles. The summed E-state index contributed by atoms with van der Waals surface area (Å²) < 4.78 is 0. The van der Waals surface area contributed by atoms with Crippen molar-refractivity contribution in [3.63, 3.8) is 0 Å². The summed E-state index contributed by atoms with van der Waals surface area (Å²) in [7, 11) is 0. The smallest absolute Gasteiger partial charge is 0.0979 e. The normalized spacial score (nSPS) is 15.8. The maximum absolute atomic E-state index is 9.54. The van der Waals surface area contributed by atoms with E-state index in [0.29, 0.717) is 5.92 Å². The Morgan fingerprint density at radius 2 is 2.06 bits per heavy atom. The lowest BCUT2D eigenvalue weighted by molar-refractivity contribution is 0.277. The van der Waals surface area contributed by atoms with Crippen LogP contribution in [0.3, 0.4) is 0 Å². The Kier molecular flexibility index (Phi) is 2.65. The monoisotopic (exact) mass is 229 g/mol. The standard InChI is InChI=1S/C13H15N3O/c17-8-11-12(9-2-1-3-9)15-16-13(11)10-4-6-14-7-5-10/h4-7,9,17H,1-3,8H2,(H,15,16). The maximum Gasteiger partial charge on any atom is 0.0979 e. The first-order chi connectivity index (χ1) is 8.40. The molecule has 1 aliphatic rings. The second-order valence-corrected chi connectivity index (χ2v) is 4.49. The number of pyridine rings is 1. The number of nitrogens with one attached hydrogen (secondary N) is 1. The molecule has 3 rings (SSSR count). The topological polar surface area (TPSA) is 61.8 Å². The van der Waals surface area contributed by atoms with Gasteiger partial charge in [0.05, 0.1) is 12.3 Å². The van der Waals surface area contributed by atoms with Crippen LogP contribution in [-0.2, 0) is 6.61 Å². The minimum absolute atomic E-state index is 0.0417. The molecule has 1 saturated carbocycles. The van der Waals surface area contributed by atoms with Gasteiger partial charge in [-0.05, 0) is 25.0 Å². The summed E-state index contributed by atoms with van der Waals surface area (Å²) in [6, 6.07) is 3.83. The van der Waals surface area contributed by atoms with Crippen molar-refractivity contribution >= 4 is 0 Å². The van der Waals surface area contributed by atoms with Crippen molar-refractivity contribution in [2.45, 2.75) is 31.8 Å². The molecule has 0 radical (unpaired) electrons. The van der Waals surface area contributed by atoms with Gasteiger partial charge in [0.15, 0.2) is 0 Å². The average molecular weight is 229 g/mol. The predicted molar refractivity (Wildman–Crippen MR) is 64.3 cm³/mol. The van der Waals surface area contributed by atoms with Gasteiger partial charge in [-0.2, -0.15) is 5.10 Å². The van der Waals surface area contributed by atoms with Gasteiger partial charge in [0.2, 0.25) is 0 Å². The van der Waals surface area contributed by atoms with E-state index in [1.54, 1.807) is 12.4 Å². The predicted octanol–water partition coefficient (Wildman–Crippen LogP) is 2.23. The largest absolute Gasteiger partial charge is 0.392 e. The van der Waals surface area contributed by atoms with E-state index in [-0.39, 0.29) is 6.61 Å².